The fourth-order valence-corrected chi connectivity index (χ4v) is 2.92. The number of hydrogen-bond acceptors (Lipinski definition) is 3. The smallest absolute Gasteiger partial charge is 0.243 e. The van der Waals surface area contributed by atoms with E-state index in [-0.39, 0.29) is 18.5 Å². The molecule has 0 aliphatic heterocycles. The molecular formula is C14H22F2N2O2S. The molecule has 1 aromatic rings. The van der Waals surface area contributed by atoms with Gasteiger partial charge in [-0.25, -0.2) is 21.9 Å². The molecule has 7 heteroatoms. The van der Waals surface area contributed by atoms with Gasteiger partial charge in [-0.15, -0.1) is 0 Å². The van der Waals surface area contributed by atoms with Crippen molar-refractivity contribution in [1.82, 2.24) is 10.0 Å². The molecule has 0 unspecified atom stereocenters. The predicted octanol–water partition coefficient (Wildman–Crippen LogP) is 2.40. The fraction of sp³-hybridized carbons (Fsp3) is 0.571. The maximum Gasteiger partial charge on any atom is 0.243 e. The van der Waals surface area contributed by atoms with Gasteiger partial charge in [0.05, 0.1) is 0 Å². The lowest BCUT2D eigenvalue weighted by molar-refractivity contribution is 0.378. The zero-order chi connectivity index (χ0) is 16.3. The lowest BCUT2D eigenvalue weighted by Gasteiger charge is -2.18. The van der Waals surface area contributed by atoms with E-state index in [4.69, 9.17) is 0 Å². The average molecular weight is 320 g/mol. The second-order valence-electron chi connectivity index (χ2n) is 6.13. The number of benzene rings is 1. The topological polar surface area (TPSA) is 58.2 Å². The molecule has 0 fully saturated rings. The van der Waals surface area contributed by atoms with Gasteiger partial charge in [-0.3, -0.25) is 0 Å². The quantitative estimate of drug-likeness (QED) is 0.846. The number of nitrogens with one attached hydrogen (secondary N) is 2. The number of rotatable bonds is 6. The first kappa shape index (κ1) is 18.0. The standard InChI is InChI=1S/C14H22F2N2O2S/c1-14(2,3)5-6-18-21(19,20)12-8-10(9-17-4)7-11(15)13(12)16/h7-8,17-18H,5-6,9H2,1-4H3. The zero-order valence-corrected chi connectivity index (χ0v) is 13.6. The van der Waals surface area contributed by atoms with Crippen molar-refractivity contribution >= 4 is 10.0 Å². The summed E-state index contributed by atoms with van der Waals surface area (Å²) in [5.74, 6) is -2.52. The van der Waals surface area contributed by atoms with Crippen molar-refractivity contribution in [3.05, 3.63) is 29.3 Å². The third-order valence-electron chi connectivity index (χ3n) is 2.89. The van der Waals surface area contributed by atoms with Crippen LogP contribution in [0.15, 0.2) is 17.0 Å². The fourth-order valence-electron chi connectivity index (χ4n) is 1.76. The number of sulfonamides is 1. The minimum atomic E-state index is -4.07. The second-order valence-corrected chi connectivity index (χ2v) is 7.86. The Balaban J connectivity index is 3.02. The summed E-state index contributed by atoms with van der Waals surface area (Å²) < 4.78 is 53.8. The molecule has 0 radical (unpaired) electrons. The van der Waals surface area contributed by atoms with Gasteiger partial charge in [0.1, 0.15) is 4.90 Å². The van der Waals surface area contributed by atoms with Crippen LogP contribution in [0.1, 0.15) is 32.8 Å². The van der Waals surface area contributed by atoms with Gasteiger partial charge in [0.15, 0.2) is 11.6 Å². The third kappa shape index (κ3) is 5.33. The first-order chi connectivity index (χ1) is 9.57. The highest BCUT2D eigenvalue weighted by atomic mass is 32.2. The lowest BCUT2D eigenvalue weighted by atomic mass is 9.93. The monoisotopic (exact) mass is 320 g/mol. The molecule has 0 aliphatic carbocycles. The van der Waals surface area contributed by atoms with Gasteiger partial charge < -0.3 is 5.32 Å². The van der Waals surface area contributed by atoms with Crippen LogP contribution in [0.3, 0.4) is 0 Å². The first-order valence-electron chi connectivity index (χ1n) is 6.69. The maximum absolute atomic E-state index is 13.8. The molecule has 2 N–H and O–H groups in total. The van der Waals surface area contributed by atoms with Gasteiger partial charge in [0.25, 0.3) is 0 Å². The van der Waals surface area contributed by atoms with Crippen LogP contribution in [0.5, 0.6) is 0 Å². The van der Waals surface area contributed by atoms with Crippen molar-refractivity contribution in [2.75, 3.05) is 13.6 Å². The van der Waals surface area contributed by atoms with Gasteiger partial charge in [0, 0.05) is 13.1 Å². The second kappa shape index (κ2) is 6.81. The van der Waals surface area contributed by atoms with Gasteiger partial charge >= 0.3 is 0 Å². The van der Waals surface area contributed by atoms with E-state index in [1.165, 1.54) is 0 Å². The van der Waals surface area contributed by atoms with Crippen LogP contribution in [-0.2, 0) is 16.6 Å². The summed E-state index contributed by atoms with van der Waals surface area (Å²) in [5.41, 5.74) is 0.313. The molecule has 0 bridgehead atoms. The Kier molecular flexibility index (Phi) is 5.83. The minimum Gasteiger partial charge on any atom is -0.316 e. The first-order valence-corrected chi connectivity index (χ1v) is 8.17. The summed E-state index contributed by atoms with van der Waals surface area (Å²) in [7, 11) is -2.43. The molecule has 21 heavy (non-hydrogen) atoms. The summed E-state index contributed by atoms with van der Waals surface area (Å²) in [6.07, 6.45) is 0.590. The number of hydrogen-bond donors (Lipinski definition) is 2. The Morgan fingerprint density at radius 2 is 1.81 bits per heavy atom. The van der Waals surface area contributed by atoms with E-state index in [0.29, 0.717) is 12.0 Å². The molecule has 0 heterocycles. The Hall–Kier alpha value is -1.05. The highest BCUT2D eigenvalue weighted by molar-refractivity contribution is 7.89. The van der Waals surface area contributed by atoms with E-state index in [2.05, 4.69) is 10.0 Å². The van der Waals surface area contributed by atoms with E-state index in [9.17, 15) is 17.2 Å². The van der Waals surface area contributed by atoms with E-state index < -0.39 is 26.6 Å². The molecule has 0 spiro atoms. The van der Waals surface area contributed by atoms with Crippen molar-refractivity contribution in [3.63, 3.8) is 0 Å². The largest absolute Gasteiger partial charge is 0.316 e. The van der Waals surface area contributed by atoms with Crippen molar-refractivity contribution < 1.29 is 17.2 Å². The SMILES string of the molecule is CNCc1cc(F)c(F)c(S(=O)(=O)NCCC(C)(C)C)c1. The van der Waals surface area contributed by atoms with E-state index in [1.54, 1.807) is 7.05 Å². The molecule has 120 valence electrons. The molecule has 0 atom stereocenters. The number of halogens is 2. The normalized spacial score (nSPS) is 12.7. The molecule has 0 saturated carbocycles. The molecule has 0 aromatic heterocycles. The highest BCUT2D eigenvalue weighted by Gasteiger charge is 2.23. The molecule has 0 saturated heterocycles. The van der Waals surface area contributed by atoms with Crippen LogP contribution in [0.4, 0.5) is 8.78 Å². The highest BCUT2D eigenvalue weighted by Crippen LogP contribution is 2.21. The van der Waals surface area contributed by atoms with Crippen LogP contribution in [0.25, 0.3) is 0 Å². The molecular weight excluding hydrogens is 298 g/mol. The van der Waals surface area contributed by atoms with Gasteiger partial charge in [-0.2, -0.15) is 0 Å². The Morgan fingerprint density at radius 3 is 2.33 bits per heavy atom. The van der Waals surface area contributed by atoms with Crippen molar-refractivity contribution in [2.45, 2.75) is 38.6 Å². The van der Waals surface area contributed by atoms with Crippen LogP contribution in [-0.4, -0.2) is 22.0 Å². The Labute approximate surface area is 125 Å². The maximum atomic E-state index is 13.8. The molecule has 1 aromatic carbocycles. The van der Waals surface area contributed by atoms with Crippen LogP contribution < -0.4 is 10.0 Å². The zero-order valence-electron chi connectivity index (χ0n) is 12.8. The van der Waals surface area contributed by atoms with Crippen LogP contribution in [0, 0.1) is 17.0 Å². The Morgan fingerprint density at radius 1 is 1.19 bits per heavy atom. The van der Waals surface area contributed by atoms with Crippen molar-refractivity contribution in [1.29, 1.82) is 0 Å². The van der Waals surface area contributed by atoms with Crippen molar-refractivity contribution in [3.8, 4) is 0 Å². The Bertz CT molecular complexity index is 596. The van der Waals surface area contributed by atoms with Crippen LogP contribution in [0.2, 0.25) is 0 Å². The predicted molar refractivity (Wildman–Crippen MR) is 78.4 cm³/mol. The molecule has 0 aliphatic rings. The van der Waals surface area contributed by atoms with Gasteiger partial charge in [-0.1, -0.05) is 20.8 Å². The van der Waals surface area contributed by atoms with E-state index in [1.807, 2.05) is 20.8 Å². The lowest BCUT2D eigenvalue weighted by Crippen LogP contribution is -2.28. The summed E-state index contributed by atoms with van der Waals surface area (Å²) in [6, 6.07) is 2.13. The third-order valence-corrected chi connectivity index (χ3v) is 4.35. The van der Waals surface area contributed by atoms with E-state index in [0.717, 1.165) is 12.1 Å². The molecule has 0 amide bonds. The summed E-state index contributed by atoms with van der Waals surface area (Å²) >= 11 is 0. The summed E-state index contributed by atoms with van der Waals surface area (Å²) in [5, 5.41) is 2.77. The summed E-state index contributed by atoms with van der Waals surface area (Å²) in [4.78, 5) is -0.651. The van der Waals surface area contributed by atoms with Crippen molar-refractivity contribution in [2.24, 2.45) is 5.41 Å². The van der Waals surface area contributed by atoms with E-state index >= 15 is 0 Å². The summed E-state index contributed by atoms with van der Waals surface area (Å²) in [6.45, 7) is 6.32. The van der Waals surface area contributed by atoms with Gasteiger partial charge in [0.2, 0.25) is 10.0 Å². The van der Waals surface area contributed by atoms with Gasteiger partial charge in [-0.05, 0) is 36.6 Å². The minimum absolute atomic E-state index is 0.0553. The van der Waals surface area contributed by atoms with Crippen LogP contribution >= 0.6 is 0 Å². The molecule has 4 nitrogen and oxygen atoms in total. The molecule has 1 rings (SSSR count). The average Bonchev–Trinajstić information content (AvgIpc) is 2.31.